The van der Waals surface area contributed by atoms with E-state index in [1.807, 2.05) is 0 Å². The second-order valence-electron chi connectivity index (χ2n) is 5.70. The first-order valence-corrected chi connectivity index (χ1v) is 7.94. The Kier molecular flexibility index (Phi) is 11.0. The summed E-state index contributed by atoms with van der Waals surface area (Å²) in [5, 5.41) is 0. The third kappa shape index (κ3) is 7.81. The summed E-state index contributed by atoms with van der Waals surface area (Å²) in [7, 11) is 0. The lowest BCUT2D eigenvalue weighted by atomic mass is 9.71. The molecule has 0 aliphatic heterocycles. The van der Waals surface area contributed by atoms with Gasteiger partial charge in [-0.05, 0) is 44.1 Å². The zero-order chi connectivity index (χ0) is 13.0. The summed E-state index contributed by atoms with van der Waals surface area (Å²) in [6.07, 6.45) is 15.1. The van der Waals surface area contributed by atoms with E-state index in [9.17, 15) is 0 Å². The predicted molar refractivity (Wildman–Crippen MR) is 79.3 cm³/mol. The third-order valence-electron chi connectivity index (χ3n) is 4.09. The van der Waals surface area contributed by atoms with Crippen LogP contribution in [0.1, 0.15) is 91.4 Å². The highest BCUT2D eigenvalue weighted by atomic mass is 14.5. The topological polar surface area (TPSA) is 26.0 Å². The molecule has 1 nitrogen and oxygen atoms in total. The smallest absolute Gasteiger partial charge is 0.00771 e. The molecule has 0 heterocycles. The SMILES string of the molecule is CCCCC(CCCC)(CCCC)CCCN. The van der Waals surface area contributed by atoms with Gasteiger partial charge in [0.25, 0.3) is 0 Å². The van der Waals surface area contributed by atoms with E-state index in [0.29, 0.717) is 5.41 Å². The molecule has 0 aromatic heterocycles. The summed E-state index contributed by atoms with van der Waals surface area (Å²) in [4.78, 5) is 0. The van der Waals surface area contributed by atoms with Crippen molar-refractivity contribution in [3.05, 3.63) is 0 Å². The van der Waals surface area contributed by atoms with Crippen LogP contribution in [0, 0.1) is 5.41 Å². The van der Waals surface area contributed by atoms with Crippen molar-refractivity contribution >= 4 is 0 Å². The van der Waals surface area contributed by atoms with Crippen LogP contribution in [0.15, 0.2) is 0 Å². The fourth-order valence-corrected chi connectivity index (χ4v) is 2.88. The van der Waals surface area contributed by atoms with Crippen LogP contribution in [0.4, 0.5) is 0 Å². The van der Waals surface area contributed by atoms with Gasteiger partial charge in [-0.3, -0.25) is 0 Å². The lowest BCUT2D eigenvalue weighted by Crippen LogP contribution is -2.22. The lowest BCUT2D eigenvalue weighted by Gasteiger charge is -2.34. The Morgan fingerprint density at radius 1 is 0.647 bits per heavy atom. The van der Waals surface area contributed by atoms with E-state index in [1.165, 1.54) is 70.6 Å². The summed E-state index contributed by atoms with van der Waals surface area (Å²) < 4.78 is 0. The molecule has 104 valence electrons. The fourth-order valence-electron chi connectivity index (χ4n) is 2.88. The molecule has 0 bridgehead atoms. The zero-order valence-electron chi connectivity index (χ0n) is 12.6. The van der Waals surface area contributed by atoms with Crippen LogP contribution in [0.3, 0.4) is 0 Å². The van der Waals surface area contributed by atoms with Gasteiger partial charge in [0.1, 0.15) is 0 Å². The van der Waals surface area contributed by atoms with E-state index in [4.69, 9.17) is 5.73 Å². The van der Waals surface area contributed by atoms with Crippen LogP contribution < -0.4 is 5.73 Å². The van der Waals surface area contributed by atoms with Crippen molar-refractivity contribution in [3.63, 3.8) is 0 Å². The van der Waals surface area contributed by atoms with Gasteiger partial charge < -0.3 is 5.73 Å². The van der Waals surface area contributed by atoms with Crippen molar-refractivity contribution in [1.82, 2.24) is 0 Å². The van der Waals surface area contributed by atoms with Crippen molar-refractivity contribution in [1.29, 1.82) is 0 Å². The number of unbranched alkanes of at least 4 members (excludes halogenated alkanes) is 3. The van der Waals surface area contributed by atoms with E-state index in [2.05, 4.69) is 20.8 Å². The van der Waals surface area contributed by atoms with Crippen molar-refractivity contribution in [2.24, 2.45) is 11.1 Å². The number of nitrogens with two attached hydrogens (primary N) is 1. The highest BCUT2D eigenvalue weighted by molar-refractivity contribution is 4.79. The molecule has 0 saturated heterocycles. The average Bonchev–Trinajstić information content (AvgIpc) is 2.37. The van der Waals surface area contributed by atoms with Crippen molar-refractivity contribution in [2.75, 3.05) is 6.54 Å². The molecule has 2 N–H and O–H groups in total. The standard InChI is InChI=1S/C16H35N/c1-4-7-11-16(12-8-5-2,13-9-6-3)14-10-15-17/h4-15,17H2,1-3H3. The molecule has 0 spiro atoms. The molecule has 0 aliphatic rings. The monoisotopic (exact) mass is 241 g/mol. The van der Waals surface area contributed by atoms with Gasteiger partial charge in [-0.15, -0.1) is 0 Å². The Hall–Kier alpha value is -0.0400. The molecular weight excluding hydrogens is 206 g/mol. The molecule has 0 atom stereocenters. The number of hydrogen-bond acceptors (Lipinski definition) is 1. The molecule has 17 heavy (non-hydrogen) atoms. The molecule has 0 fully saturated rings. The maximum absolute atomic E-state index is 5.72. The van der Waals surface area contributed by atoms with Crippen molar-refractivity contribution < 1.29 is 0 Å². The lowest BCUT2D eigenvalue weighted by molar-refractivity contribution is 0.179. The van der Waals surface area contributed by atoms with Crippen molar-refractivity contribution in [2.45, 2.75) is 91.4 Å². The van der Waals surface area contributed by atoms with Gasteiger partial charge in [0.05, 0.1) is 0 Å². The summed E-state index contributed by atoms with van der Waals surface area (Å²) in [5.41, 5.74) is 6.35. The Bertz CT molecular complexity index is 116. The van der Waals surface area contributed by atoms with Crippen LogP contribution in [0.5, 0.6) is 0 Å². The van der Waals surface area contributed by atoms with E-state index >= 15 is 0 Å². The van der Waals surface area contributed by atoms with Gasteiger partial charge in [-0.2, -0.15) is 0 Å². The van der Waals surface area contributed by atoms with Crippen LogP contribution in [-0.2, 0) is 0 Å². The first-order chi connectivity index (χ1) is 8.24. The second kappa shape index (κ2) is 11.1. The highest BCUT2D eigenvalue weighted by Crippen LogP contribution is 2.40. The largest absolute Gasteiger partial charge is 0.330 e. The van der Waals surface area contributed by atoms with Crippen LogP contribution >= 0.6 is 0 Å². The summed E-state index contributed by atoms with van der Waals surface area (Å²) in [6, 6.07) is 0. The highest BCUT2D eigenvalue weighted by Gasteiger charge is 2.27. The van der Waals surface area contributed by atoms with E-state index in [1.54, 1.807) is 0 Å². The Balaban J connectivity index is 4.39. The van der Waals surface area contributed by atoms with E-state index in [-0.39, 0.29) is 0 Å². The molecule has 0 unspecified atom stereocenters. The number of rotatable bonds is 12. The molecule has 0 amide bonds. The quantitative estimate of drug-likeness (QED) is 0.494. The van der Waals surface area contributed by atoms with Crippen LogP contribution in [0.2, 0.25) is 0 Å². The normalized spacial score (nSPS) is 12.0. The second-order valence-corrected chi connectivity index (χ2v) is 5.70. The first-order valence-electron chi connectivity index (χ1n) is 7.94. The van der Waals surface area contributed by atoms with E-state index < -0.39 is 0 Å². The predicted octanol–water partition coefficient (Wildman–Crippen LogP) is 5.28. The molecule has 0 aromatic rings. The molecule has 0 rings (SSSR count). The molecule has 0 radical (unpaired) electrons. The average molecular weight is 241 g/mol. The molecule has 0 aliphatic carbocycles. The summed E-state index contributed by atoms with van der Waals surface area (Å²) in [5.74, 6) is 0. The third-order valence-corrected chi connectivity index (χ3v) is 4.09. The van der Waals surface area contributed by atoms with Gasteiger partial charge in [-0.1, -0.05) is 59.3 Å². The molecule has 1 heteroatoms. The summed E-state index contributed by atoms with van der Waals surface area (Å²) in [6.45, 7) is 7.81. The van der Waals surface area contributed by atoms with Crippen LogP contribution in [-0.4, -0.2) is 6.54 Å². The van der Waals surface area contributed by atoms with Gasteiger partial charge >= 0.3 is 0 Å². The van der Waals surface area contributed by atoms with E-state index in [0.717, 1.165) is 6.54 Å². The van der Waals surface area contributed by atoms with Crippen molar-refractivity contribution in [3.8, 4) is 0 Å². The molecular formula is C16H35N. The molecule has 0 saturated carbocycles. The maximum Gasteiger partial charge on any atom is -0.00771 e. The van der Waals surface area contributed by atoms with Gasteiger partial charge in [0.2, 0.25) is 0 Å². The summed E-state index contributed by atoms with van der Waals surface area (Å²) >= 11 is 0. The Labute approximate surface area is 110 Å². The Morgan fingerprint density at radius 2 is 1.00 bits per heavy atom. The number of hydrogen-bond donors (Lipinski definition) is 1. The van der Waals surface area contributed by atoms with Gasteiger partial charge in [0, 0.05) is 0 Å². The maximum atomic E-state index is 5.72. The van der Waals surface area contributed by atoms with Gasteiger partial charge in [0.15, 0.2) is 0 Å². The zero-order valence-corrected chi connectivity index (χ0v) is 12.6. The minimum atomic E-state index is 0.626. The molecule has 0 aromatic carbocycles. The van der Waals surface area contributed by atoms with Gasteiger partial charge in [-0.25, -0.2) is 0 Å². The van der Waals surface area contributed by atoms with Crippen LogP contribution in [0.25, 0.3) is 0 Å². The minimum Gasteiger partial charge on any atom is -0.330 e. The Morgan fingerprint density at radius 3 is 1.29 bits per heavy atom. The minimum absolute atomic E-state index is 0.626. The fraction of sp³-hybridized carbons (Fsp3) is 1.00. The first kappa shape index (κ1) is 17.0.